The van der Waals surface area contributed by atoms with Crippen molar-refractivity contribution in [2.75, 3.05) is 19.7 Å². The summed E-state index contributed by atoms with van der Waals surface area (Å²) < 4.78 is 8.41. The minimum atomic E-state index is -0.415. The van der Waals surface area contributed by atoms with Crippen LogP contribution in [-0.4, -0.2) is 50.3 Å². The smallest absolute Gasteiger partial charge is 0.226 e. The summed E-state index contributed by atoms with van der Waals surface area (Å²) in [6.45, 7) is 2.92. The van der Waals surface area contributed by atoms with Crippen molar-refractivity contribution in [2.45, 2.75) is 44.2 Å². The summed E-state index contributed by atoms with van der Waals surface area (Å²) in [5.74, 6) is 1.07. The number of aromatic nitrogens is 4. The van der Waals surface area contributed by atoms with E-state index in [0.717, 1.165) is 61.4 Å². The van der Waals surface area contributed by atoms with E-state index < -0.39 is 5.60 Å². The van der Waals surface area contributed by atoms with E-state index >= 15 is 0 Å². The van der Waals surface area contributed by atoms with Crippen molar-refractivity contribution < 1.29 is 9.53 Å². The number of hydrogen-bond acceptors (Lipinski definition) is 5. The Balaban J connectivity index is 1.21. The van der Waals surface area contributed by atoms with Crippen LogP contribution in [0.3, 0.4) is 0 Å². The molecule has 0 radical (unpaired) electrons. The highest BCUT2D eigenvalue weighted by Gasteiger charge is 2.44. The monoisotopic (exact) mass is 429 g/mol. The number of fused-ring (bicyclic) bond motifs is 3. The zero-order valence-electron chi connectivity index (χ0n) is 18.1. The number of hydrogen-bond donors (Lipinski definition) is 0. The molecule has 3 aromatic rings. The second kappa shape index (κ2) is 7.81. The summed E-state index contributed by atoms with van der Waals surface area (Å²) in [7, 11) is 0. The van der Waals surface area contributed by atoms with Crippen LogP contribution in [0.5, 0.6) is 0 Å². The third-order valence-electron chi connectivity index (χ3n) is 7.26. The minimum absolute atomic E-state index is 0.0554. The number of aryl methyl sites for hydroxylation is 1. The van der Waals surface area contributed by atoms with E-state index in [2.05, 4.69) is 10.1 Å². The second-order valence-corrected chi connectivity index (χ2v) is 9.09. The number of rotatable bonds is 2. The maximum Gasteiger partial charge on any atom is 0.226 e. The van der Waals surface area contributed by atoms with Gasteiger partial charge < -0.3 is 9.64 Å². The lowest BCUT2D eigenvalue weighted by Crippen LogP contribution is -2.50. The first-order chi connectivity index (χ1) is 15.7. The first kappa shape index (κ1) is 19.6. The highest BCUT2D eigenvalue weighted by Crippen LogP contribution is 2.41. The van der Waals surface area contributed by atoms with Crippen LogP contribution in [0.2, 0.25) is 0 Å². The Hall–Kier alpha value is -3.06. The van der Waals surface area contributed by atoms with Gasteiger partial charge in [-0.15, -0.1) is 0 Å². The van der Waals surface area contributed by atoms with Gasteiger partial charge in [0, 0.05) is 55.6 Å². The fourth-order valence-corrected chi connectivity index (χ4v) is 5.44. The molecule has 32 heavy (non-hydrogen) atoms. The van der Waals surface area contributed by atoms with E-state index in [1.807, 2.05) is 58.4 Å². The number of carbonyl (C=O) groups is 1. The second-order valence-electron chi connectivity index (χ2n) is 9.09. The SMILES string of the molecule is O=C(C1CCn2nccc2C1)N1CCC2(CC1)OCCc1cnc(-c3ccccc3)nc12. The van der Waals surface area contributed by atoms with E-state index in [-0.39, 0.29) is 11.8 Å². The Morgan fingerprint density at radius 2 is 1.94 bits per heavy atom. The van der Waals surface area contributed by atoms with Gasteiger partial charge in [-0.2, -0.15) is 5.10 Å². The van der Waals surface area contributed by atoms with Crippen LogP contribution < -0.4 is 0 Å². The molecule has 3 aliphatic heterocycles. The Bertz CT molecular complexity index is 1130. The minimum Gasteiger partial charge on any atom is -0.368 e. The van der Waals surface area contributed by atoms with Crippen molar-refractivity contribution in [1.29, 1.82) is 0 Å². The third-order valence-corrected chi connectivity index (χ3v) is 7.26. The van der Waals surface area contributed by atoms with Crippen LogP contribution in [0.25, 0.3) is 11.4 Å². The molecule has 1 spiro atoms. The molecule has 0 saturated carbocycles. The number of piperidine rings is 1. The summed E-state index contributed by atoms with van der Waals surface area (Å²) in [6, 6.07) is 12.1. The van der Waals surface area contributed by atoms with Gasteiger partial charge in [0.15, 0.2) is 5.82 Å². The number of nitrogens with zero attached hydrogens (tertiary/aromatic N) is 5. The lowest BCUT2D eigenvalue weighted by molar-refractivity contribution is -0.145. The molecule has 1 unspecified atom stereocenters. The molecular weight excluding hydrogens is 402 g/mol. The van der Waals surface area contributed by atoms with E-state index in [0.29, 0.717) is 19.7 Å². The number of amides is 1. The number of benzene rings is 1. The molecule has 0 bridgehead atoms. The molecule has 1 saturated heterocycles. The van der Waals surface area contributed by atoms with Crippen LogP contribution in [0.15, 0.2) is 48.8 Å². The van der Waals surface area contributed by atoms with Crippen molar-refractivity contribution in [1.82, 2.24) is 24.6 Å². The molecule has 164 valence electrons. The summed E-state index contributed by atoms with van der Waals surface area (Å²) in [5, 5.41) is 4.33. The predicted octanol–water partition coefficient (Wildman–Crippen LogP) is 2.99. The van der Waals surface area contributed by atoms with Crippen molar-refractivity contribution in [3.63, 3.8) is 0 Å². The molecular formula is C25H27N5O2. The quantitative estimate of drug-likeness (QED) is 0.626. The van der Waals surface area contributed by atoms with E-state index in [4.69, 9.17) is 9.72 Å². The molecule has 3 aliphatic rings. The Morgan fingerprint density at radius 1 is 1.09 bits per heavy atom. The fraction of sp³-hybridized carbons (Fsp3) is 0.440. The van der Waals surface area contributed by atoms with E-state index in [9.17, 15) is 4.79 Å². The highest BCUT2D eigenvalue weighted by molar-refractivity contribution is 5.79. The summed E-state index contributed by atoms with van der Waals surface area (Å²) in [5.41, 5.74) is 3.96. The highest BCUT2D eigenvalue weighted by atomic mass is 16.5. The largest absolute Gasteiger partial charge is 0.368 e. The van der Waals surface area contributed by atoms with Crippen molar-refractivity contribution in [3.05, 3.63) is 65.7 Å². The fourth-order valence-electron chi connectivity index (χ4n) is 5.44. The summed E-state index contributed by atoms with van der Waals surface area (Å²) in [4.78, 5) is 24.9. The standard InChI is InChI=1S/C25H27N5O2/c31-24(19-7-12-30-21(16-19)6-11-27-30)29-13-9-25(10-14-29)22-20(8-15-32-25)17-26-23(28-22)18-4-2-1-3-5-18/h1-6,11,17,19H,7-10,12-16H2. The van der Waals surface area contributed by atoms with Crippen molar-refractivity contribution in [2.24, 2.45) is 5.92 Å². The van der Waals surface area contributed by atoms with Crippen LogP contribution in [-0.2, 0) is 34.5 Å². The zero-order valence-corrected chi connectivity index (χ0v) is 18.1. The van der Waals surface area contributed by atoms with Crippen molar-refractivity contribution >= 4 is 5.91 Å². The lowest BCUT2D eigenvalue weighted by atomic mass is 9.82. The predicted molar refractivity (Wildman–Crippen MR) is 119 cm³/mol. The topological polar surface area (TPSA) is 73.1 Å². The molecule has 1 fully saturated rings. The maximum atomic E-state index is 13.3. The average Bonchev–Trinajstić information content (AvgIpc) is 3.33. The zero-order chi connectivity index (χ0) is 21.5. The molecule has 0 aliphatic carbocycles. The van der Waals surface area contributed by atoms with Crippen LogP contribution in [0, 0.1) is 5.92 Å². The van der Waals surface area contributed by atoms with Gasteiger partial charge >= 0.3 is 0 Å². The molecule has 0 N–H and O–H groups in total. The first-order valence-electron chi connectivity index (χ1n) is 11.6. The van der Waals surface area contributed by atoms with Crippen LogP contribution in [0.4, 0.5) is 0 Å². The van der Waals surface area contributed by atoms with E-state index in [1.54, 1.807) is 0 Å². The van der Waals surface area contributed by atoms with Gasteiger partial charge in [0.25, 0.3) is 0 Å². The van der Waals surface area contributed by atoms with E-state index in [1.165, 1.54) is 5.56 Å². The number of carbonyl (C=O) groups excluding carboxylic acids is 1. The Kier molecular flexibility index (Phi) is 4.79. The van der Waals surface area contributed by atoms with Gasteiger partial charge in [-0.3, -0.25) is 9.48 Å². The van der Waals surface area contributed by atoms with Gasteiger partial charge in [-0.25, -0.2) is 9.97 Å². The molecule has 6 rings (SSSR count). The Morgan fingerprint density at radius 3 is 2.78 bits per heavy atom. The van der Waals surface area contributed by atoms with Gasteiger partial charge in [-0.1, -0.05) is 30.3 Å². The molecule has 2 aromatic heterocycles. The first-order valence-corrected chi connectivity index (χ1v) is 11.6. The van der Waals surface area contributed by atoms with Crippen LogP contribution >= 0.6 is 0 Å². The summed E-state index contributed by atoms with van der Waals surface area (Å²) >= 11 is 0. The van der Waals surface area contributed by atoms with Crippen molar-refractivity contribution in [3.8, 4) is 11.4 Å². The van der Waals surface area contributed by atoms with Gasteiger partial charge in [0.2, 0.25) is 5.91 Å². The molecule has 1 amide bonds. The Labute approximate surface area is 187 Å². The number of ether oxygens (including phenoxy) is 1. The third kappa shape index (κ3) is 3.32. The van der Waals surface area contributed by atoms with Gasteiger partial charge in [-0.05, 0) is 37.3 Å². The molecule has 1 atom stereocenters. The normalized spacial score (nSPS) is 21.8. The molecule has 1 aromatic carbocycles. The molecule has 5 heterocycles. The average molecular weight is 430 g/mol. The molecule has 7 nitrogen and oxygen atoms in total. The maximum absolute atomic E-state index is 13.3. The van der Waals surface area contributed by atoms with Crippen LogP contribution in [0.1, 0.15) is 36.2 Å². The summed E-state index contributed by atoms with van der Waals surface area (Å²) in [6.07, 6.45) is 7.84. The number of likely N-dealkylation sites (tertiary alicyclic amines) is 1. The molecule has 7 heteroatoms. The van der Waals surface area contributed by atoms with Gasteiger partial charge in [0.1, 0.15) is 5.60 Å². The lowest BCUT2D eigenvalue weighted by Gasteiger charge is -2.44. The van der Waals surface area contributed by atoms with Gasteiger partial charge in [0.05, 0.1) is 12.3 Å².